The Labute approximate surface area is 132 Å². The zero-order valence-corrected chi connectivity index (χ0v) is 13.5. The van der Waals surface area contributed by atoms with Gasteiger partial charge in [0.15, 0.2) is 0 Å². The average Bonchev–Trinajstić information content (AvgIpc) is 2.78. The summed E-state index contributed by atoms with van der Waals surface area (Å²) in [5.74, 6) is 0. The summed E-state index contributed by atoms with van der Waals surface area (Å²) in [5, 5.41) is 3.99. The molecule has 6 nitrogen and oxygen atoms in total. The Morgan fingerprint density at radius 3 is 2.52 bits per heavy atom. The second-order valence-corrected chi connectivity index (χ2v) is 7.03. The van der Waals surface area contributed by atoms with Crippen molar-refractivity contribution in [3.8, 4) is 0 Å². The predicted molar refractivity (Wildman–Crippen MR) is 82.9 cm³/mol. The van der Waals surface area contributed by atoms with Gasteiger partial charge in [-0.2, -0.15) is 5.10 Å². The Balaban J connectivity index is 2.22. The molecule has 3 N–H and O–H groups in total. The van der Waals surface area contributed by atoms with Crippen LogP contribution in [0.1, 0.15) is 6.92 Å². The summed E-state index contributed by atoms with van der Waals surface area (Å²) in [4.78, 5) is -0.174. The third-order valence-corrected chi connectivity index (χ3v) is 5.18. The topological polar surface area (TPSA) is 90.0 Å². The molecule has 2 rings (SSSR count). The number of nitrogens with two attached hydrogens (primary N) is 1. The molecule has 0 bridgehead atoms. The van der Waals surface area contributed by atoms with Gasteiger partial charge in [0.25, 0.3) is 0 Å². The van der Waals surface area contributed by atoms with Crippen LogP contribution < -0.4 is 10.5 Å². The molecule has 0 spiro atoms. The number of anilines is 1. The maximum absolute atomic E-state index is 12.4. The molecular weight excluding hydrogens is 335 g/mol. The molecule has 0 aliphatic heterocycles. The highest BCUT2D eigenvalue weighted by Gasteiger charge is 2.24. The number of benzene rings is 1. The quantitative estimate of drug-likeness (QED) is 0.810. The highest BCUT2D eigenvalue weighted by molar-refractivity contribution is 7.89. The van der Waals surface area contributed by atoms with Crippen molar-refractivity contribution in [2.24, 2.45) is 0 Å². The zero-order chi connectivity index (χ0) is 15.6. The van der Waals surface area contributed by atoms with Gasteiger partial charge in [-0.15, -0.1) is 0 Å². The van der Waals surface area contributed by atoms with E-state index in [1.54, 1.807) is 30.1 Å². The summed E-state index contributed by atoms with van der Waals surface area (Å²) in [6.07, 6.45) is 3.36. The molecule has 1 aromatic carbocycles. The number of sulfonamides is 1. The van der Waals surface area contributed by atoms with Crippen LogP contribution in [0.25, 0.3) is 0 Å². The fraction of sp³-hybridized carbons (Fsp3) is 0.250. The van der Waals surface area contributed by atoms with Gasteiger partial charge in [-0.1, -0.05) is 23.2 Å². The first-order valence-corrected chi connectivity index (χ1v) is 8.28. The standard InChI is InChI=1S/C12H14Cl2N4O2S/c1-8(7-18-4-2-3-16-18)17-21(19,20)12-10(13)5-9(15)6-11(12)14/h2-6,8,17H,7,15H2,1H3. The van der Waals surface area contributed by atoms with Gasteiger partial charge >= 0.3 is 0 Å². The SMILES string of the molecule is CC(Cn1cccn1)NS(=O)(=O)c1c(Cl)cc(N)cc1Cl. The van der Waals surface area contributed by atoms with Crippen molar-refractivity contribution in [2.45, 2.75) is 24.4 Å². The molecule has 2 aromatic rings. The lowest BCUT2D eigenvalue weighted by atomic mass is 10.3. The highest BCUT2D eigenvalue weighted by Crippen LogP contribution is 2.31. The van der Waals surface area contributed by atoms with E-state index in [4.69, 9.17) is 28.9 Å². The lowest BCUT2D eigenvalue weighted by Gasteiger charge is -2.16. The van der Waals surface area contributed by atoms with Gasteiger partial charge in [0.1, 0.15) is 4.90 Å². The van der Waals surface area contributed by atoms with Gasteiger partial charge in [0.05, 0.1) is 16.6 Å². The summed E-state index contributed by atoms with van der Waals surface area (Å²) in [5.41, 5.74) is 5.87. The molecule has 0 amide bonds. The van der Waals surface area contributed by atoms with Crippen LogP contribution in [-0.4, -0.2) is 24.2 Å². The van der Waals surface area contributed by atoms with Crippen LogP contribution in [0.2, 0.25) is 10.0 Å². The summed E-state index contributed by atoms with van der Waals surface area (Å²) >= 11 is 11.9. The number of halogens is 2. The minimum absolute atomic E-state index is 0.0150. The van der Waals surface area contributed by atoms with Crippen molar-refractivity contribution < 1.29 is 8.42 Å². The molecule has 0 saturated heterocycles. The second kappa shape index (κ2) is 6.23. The van der Waals surface area contributed by atoms with Crippen LogP contribution in [0.15, 0.2) is 35.5 Å². The lowest BCUT2D eigenvalue weighted by Crippen LogP contribution is -2.36. The summed E-state index contributed by atoms with van der Waals surface area (Å²) < 4.78 is 28.9. The molecule has 21 heavy (non-hydrogen) atoms. The van der Waals surface area contributed by atoms with Gasteiger partial charge < -0.3 is 5.73 Å². The number of hydrogen-bond donors (Lipinski definition) is 2. The van der Waals surface area contributed by atoms with Gasteiger partial charge in [0, 0.05) is 24.1 Å². The van der Waals surface area contributed by atoms with Crippen molar-refractivity contribution >= 4 is 38.9 Å². The lowest BCUT2D eigenvalue weighted by molar-refractivity contribution is 0.494. The van der Waals surface area contributed by atoms with Crippen molar-refractivity contribution in [1.82, 2.24) is 14.5 Å². The smallest absolute Gasteiger partial charge is 0.243 e. The fourth-order valence-electron chi connectivity index (χ4n) is 1.89. The molecule has 1 unspecified atom stereocenters. The molecule has 114 valence electrons. The van der Waals surface area contributed by atoms with Crippen LogP contribution in [0, 0.1) is 0 Å². The molecular formula is C12H14Cl2N4O2S. The van der Waals surface area contributed by atoms with E-state index < -0.39 is 10.0 Å². The van der Waals surface area contributed by atoms with E-state index in [-0.39, 0.29) is 21.0 Å². The Kier molecular flexibility index (Phi) is 4.77. The Morgan fingerprint density at radius 2 is 2.00 bits per heavy atom. The van der Waals surface area contributed by atoms with E-state index in [2.05, 4.69) is 9.82 Å². The van der Waals surface area contributed by atoms with Crippen molar-refractivity contribution in [1.29, 1.82) is 0 Å². The van der Waals surface area contributed by atoms with Crippen LogP contribution in [-0.2, 0) is 16.6 Å². The van der Waals surface area contributed by atoms with Gasteiger partial charge in [-0.05, 0) is 25.1 Å². The molecule has 0 radical (unpaired) electrons. The molecule has 1 aromatic heterocycles. The first kappa shape index (κ1) is 16.1. The fourth-order valence-corrected chi connectivity index (χ4v) is 4.35. The van der Waals surface area contributed by atoms with Crippen LogP contribution in [0.4, 0.5) is 5.69 Å². The Bertz CT molecular complexity index is 709. The monoisotopic (exact) mass is 348 g/mol. The van der Waals surface area contributed by atoms with Crippen LogP contribution in [0.3, 0.4) is 0 Å². The van der Waals surface area contributed by atoms with E-state index in [9.17, 15) is 8.42 Å². The molecule has 0 aliphatic rings. The molecule has 1 heterocycles. The second-order valence-electron chi connectivity index (χ2n) is 4.56. The number of rotatable bonds is 5. The Hall–Kier alpha value is -1.28. The van der Waals surface area contributed by atoms with Crippen molar-refractivity contribution in [3.63, 3.8) is 0 Å². The predicted octanol–water partition coefficient (Wildman–Crippen LogP) is 2.14. The zero-order valence-electron chi connectivity index (χ0n) is 11.1. The molecule has 0 fully saturated rings. The Morgan fingerprint density at radius 1 is 1.38 bits per heavy atom. The number of hydrogen-bond acceptors (Lipinski definition) is 4. The van der Waals surface area contributed by atoms with Gasteiger partial charge in [-0.25, -0.2) is 13.1 Å². The van der Waals surface area contributed by atoms with Gasteiger partial charge in [0.2, 0.25) is 10.0 Å². The summed E-state index contributed by atoms with van der Waals surface area (Å²) in [6.45, 7) is 2.11. The largest absolute Gasteiger partial charge is 0.399 e. The third kappa shape index (κ3) is 3.88. The maximum atomic E-state index is 12.4. The first-order valence-electron chi connectivity index (χ1n) is 6.04. The average molecular weight is 349 g/mol. The summed E-state index contributed by atoms with van der Waals surface area (Å²) in [6, 6.07) is 4.06. The molecule has 0 saturated carbocycles. The molecule has 0 aliphatic carbocycles. The van der Waals surface area contributed by atoms with E-state index in [0.717, 1.165) is 0 Å². The summed E-state index contributed by atoms with van der Waals surface area (Å²) in [7, 11) is -3.85. The number of nitrogens with zero attached hydrogens (tertiary/aromatic N) is 2. The minimum atomic E-state index is -3.85. The first-order chi connectivity index (χ1) is 9.79. The normalized spacial score (nSPS) is 13.3. The molecule has 9 heteroatoms. The number of nitrogens with one attached hydrogen (secondary N) is 1. The number of aromatic nitrogens is 2. The highest BCUT2D eigenvalue weighted by atomic mass is 35.5. The van der Waals surface area contributed by atoms with Crippen LogP contribution in [0.5, 0.6) is 0 Å². The van der Waals surface area contributed by atoms with E-state index in [1.807, 2.05) is 0 Å². The van der Waals surface area contributed by atoms with Crippen molar-refractivity contribution in [2.75, 3.05) is 5.73 Å². The maximum Gasteiger partial charge on any atom is 0.243 e. The van der Waals surface area contributed by atoms with Crippen molar-refractivity contribution in [3.05, 3.63) is 40.6 Å². The molecule has 1 atom stereocenters. The van der Waals surface area contributed by atoms with E-state index in [0.29, 0.717) is 12.2 Å². The van der Waals surface area contributed by atoms with E-state index >= 15 is 0 Å². The number of nitrogen functional groups attached to an aromatic ring is 1. The third-order valence-electron chi connectivity index (χ3n) is 2.67. The van der Waals surface area contributed by atoms with Gasteiger partial charge in [-0.3, -0.25) is 4.68 Å². The van der Waals surface area contributed by atoms with Crippen LogP contribution >= 0.6 is 23.2 Å². The van der Waals surface area contributed by atoms with E-state index in [1.165, 1.54) is 12.1 Å². The minimum Gasteiger partial charge on any atom is -0.399 e.